The van der Waals surface area contributed by atoms with Crippen LogP contribution in [0.5, 0.6) is 5.75 Å². The number of nitrogens with one attached hydrogen (secondary N) is 2. The second-order valence-corrected chi connectivity index (χ2v) is 6.34. The SMILES string of the molecule is OCCNc1nc(Nc2ccc(F)cc2Cl)cc(-c2cccc(OC(F)(F)F)c2)n1. The highest BCUT2D eigenvalue weighted by atomic mass is 35.5. The Labute approximate surface area is 173 Å². The molecule has 0 atom stereocenters. The lowest BCUT2D eigenvalue weighted by atomic mass is 10.1. The number of aromatic nitrogens is 2. The summed E-state index contributed by atoms with van der Waals surface area (Å²) in [6, 6.07) is 10.5. The zero-order valence-corrected chi connectivity index (χ0v) is 15.9. The van der Waals surface area contributed by atoms with Crippen LogP contribution in [-0.4, -0.2) is 34.6 Å². The predicted molar refractivity (Wildman–Crippen MR) is 104 cm³/mol. The molecule has 0 fully saturated rings. The molecule has 0 aliphatic rings. The molecule has 11 heteroatoms. The van der Waals surface area contributed by atoms with E-state index >= 15 is 0 Å². The van der Waals surface area contributed by atoms with Crippen molar-refractivity contribution in [3.05, 3.63) is 59.4 Å². The Morgan fingerprint density at radius 2 is 1.87 bits per heavy atom. The molecule has 30 heavy (non-hydrogen) atoms. The Morgan fingerprint density at radius 3 is 2.57 bits per heavy atom. The van der Waals surface area contributed by atoms with Crippen LogP contribution in [0.1, 0.15) is 0 Å². The van der Waals surface area contributed by atoms with Crippen molar-refractivity contribution >= 4 is 29.1 Å². The van der Waals surface area contributed by atoms with E-state index in [2.05, 4.69) is 25.3 Å². The molecule has 158 valence electrons. The maximum Gasteiger partial charge on any atom is 0.573 e. The van der Waals surface area contributed by atoms with E-state index in [1.165, 1.54) is 36.4 Å². The zero-order chi connectivity index (χ0) is 21.7. The van der Waals surface area contributed by atoms with Gasteiger partial charge in [-0.1, -0.05) is 23.7 Å². The fourth-order valence-electron chi connectivity index (χ4n) is 2.49. The van der Waals surface area contributed by atoms with E-state index in [1.807, 2.05) is 0 Å². The van der Waals surface area contributed by atoms with Crippen LogP contribution in [0.15, 0.2) is 48.5 Å². The third-order valence-corrected chi connectivity index (χ3v) is 3.99. The molecule has 0 aliphatic heterocycles. The molecule has 2 aromatic carbocycles. The summed E-state index contributed by atoms with van der Waals surface area (Å²) in [6.45, 7) is -0.0352. The van der Waals surface area contributed by atoms with Crippen molar-refractivity contribution in [2.24, 2.45) is 0 Å². The number of rotatable bonds is 7. The van der Waals surface area contributed by atoms with Crippen molar-refractivity contribution < 1.29 is 27.4 Å². The lowest BCUT2D eigenvalue weighted by Gasteiger charge is -2.13. The Kier molecular flexibility index (Phi) is 6.58. The van der Waals surface area contributed by atoms with Gasteiger partial charge in [-0.2, -0.15) is 4.98 Å². The average molecular weight is 443 g/mol. The minimum Gasteiger partial charge on any atom is -0.406 e. The van der Waals surface area contributed by atoms with Gasteiger partial charge in [0.05, 0.1) is 23.0 Å². The normalized spacial score (nSPS) is 11.3. The van der Waals surface area contributed by atoms with Crippen molar-refractivity contribution in [3.63, 3.8) is 0 Å². The third-order valence-electron chi connectivity index (χ3n) is 3.68. The first-order valence-corrected chi connectivity index (χ1v) is 8.93. The number of aliphatic hydroxyl groups is 1. The summed E-state index contributed by atoms with van der Waals surface area (Å²) < 4.78 is 54.8. The highest BCUT2D eigenvalue weighted by molar-refractivity contribution is 6.33. The first-order valence-electron chi connectivity index (χ1n) is 8.55. The van der Waals surface area contributed by atoms with Gasteiger partial charge in [-0.05, 0) is 30.3 Å². The highest BCUT2D eigenvalue weighted by Gasteiger charge is 2.31. The van der Waals surface area contributed by atoms with Gasteiger partial charge in [0, 0.05) is 18.2 Å². The van der Waals surface area contributed by atoms with E-state index < -0.39 is 17.9 Å². The number of ether oxygens (including phenoxy) is 1. The molecule has 3 rings (SSSR count). The summed E-state index contributed by atoms with van der Waals surface area (Å²) in [5.41, 5.74) is 0.975. The van der Waals surface area contributed by atoms with Crippen molar-refractivity contribution in [1.82, 2.24) is 9.97 Å². The molecule has 0 amide bonds. The predicted octanol–water partition coefficient (Wildman–Crippen LogP) is 4.98. The van der Waals surface area contributed by atoms with Crippen molar-refractivity contribution in [2.75, 3.05) is 23.8 Å². The standard InChI is InChI=1S/C19H15ClF4N4O2/c20-14-9-12(21)4-5-15(14)26-17-10-16(27-18(28-17)25-6-7-29)11-2-1-3-13(8-11)30-19(22,23)24/h1-5,8-10,29H,6-7H2,(H2,25,26,27,28). The van der Waals surface area contributed by atoms with Crippen molar-refractivity contribution in [1.29, 1.82) is 0 Å². The average Bonchev–Trinajstić information content (AvgIpc) is 2.67. The van der Waals surface area contributed by atoms with Gasteiger partial charge in [0.15, 0.2) is 0 Å². The second-order valence-electron chi connectivity index (χ2n) is 5.94. The summed E-state index contributed by atoms with van der Waals surface area (Å²) in [4.78, 5) is 8.48. The van der Waals surface area contributed by atoms with E-state index in [0.717, 1.165) is 6.07 Å². The Morgan fingerprint density at radius 1 is 1.07 bits per heavy atom. The molecule has 1 aromatic heterocycles. The molecular formula is C19H15ClF4N4O2. The molecule has 3 aromatic rings. The third kappa shape index (κ3) is 5.94. The molecule has 0 spiro atoms. The van der Waals surface area contributed by atoms with E-state index in [9.17, 15) is 17.6 Å². The molecule has 3 N–H and O–H groups in total. The van der Waals surface area contributed by atoms with Gasteiger partial charge in [0.1, 0.15) is 17.4 Å². The molecular weight excluding hydrogens is 428 g/mol. The van der Waals surface area contributed by atoms with Gasteiger partial charge in [0.25, 0.3) is 0 Å². The Bertz CT molecular complexity index is 1030. The van der Waals surface area contributed by atoms with Gasteiger partial charge >= 0.3 is 6.36 Å². The van der Waals surface area contributed by atoms with E-state index in [1.54, 1.807) is 6.07 Å². The van der Waals surface area contributed by atoms with Crippen LogP contribution >= 0.6 is 11.6 Å². The Hall–Kier alpha value is -3.11. The lowest BCUT2D eigenvalue weighted by Crippen LogP contribution is -2.17. The zero-order valence-electron chi connectivity index (χ0n) is 15.2. The number of benzene rings is 2. The fraction of sp³-hybridized carbons (Fsp3) is 0.158. The quantitative estimate of drug-likeness (QED) is 0.448. The minimum atomic E-state index is -4.83. The molecule has 0 radical (unpaired) electrons. The molecule has 1 heterocycles. The van der Waals surface area contributed by atoms with Gasteiger partial charge in [-0.25, -0.2) is 9.37 Å². The molecule has 0 bridgehead atoms. The summed E-state index contributed by atoms with van der Waals surface area (Å²) in [7, 11) is 0. The molecule has 6 nitrogen and oxygen atoms in total. The number of alkyl halides is 3. The molecule has 0 saturated heterocycles. The summed E-state index contributed by atoms with van der Waals surface area (Å²) in [5, 5.41) is 14.8. The number of hydrogen-bond donors (Lipinski definition) is 3. The maximum atomic E-state index is 13.3. The monoisotopic (exact) mass is 442 g/mol. The van der Waals surface area contributed by atoms with Crippen molar-refractivity contribution in [3.8, 4) is 17.0 Å². The lowest BCUT2D eigenvalue weighted by molar-refractivity contribution is -0.274. The summed E-state index contributed by atoms with van der Waals surface area (Å²) in [5.74, 6) is -0.555. The van der Waals surface area contributed by atoms with Crippen LogP contribution in [0.4, 0.5) is 35.0 Å². The van der Waals surface area contributed by atoms with E-state index in [-0.39, 0.29) is 35.6 Å². The number of anilines is 3. The van der Waals surface area contributed by atoms with Crippen LogP contribution in [0.2, 0.25) is 5.02 Å². The summed E-state index contributed by atoms with van der Waals surface area (Å²) in [6.07, 6.45) is -4.83. The number of hydrogen-bond acceptors (Lipinski definition) is 6. The topological polar surface area (TPSA) is 79.3 Å². The maximum absolute atomic E-state index is 13.3. The molecule has 0 unspecified atom stereocenters. The van der Waals surface area contributed by atoms with Gasteiger partial charge in [-0.3, -0.25) is 0 Å². The van der Waals surface area contributed by atoms with Crippen LogP contribution in [0.25, 0.3) is 11.3 Å². The van der Waals surface area contributed by atoms with Crippen LogP contribution in [0, 0.1) is 5.82 Å². The minimum absolute atomic E-state index is 0.112. The number of halogens is 5. The smallest absolute Gasteiger partial charge is 0.406 e. The van der Waals surface area contributed by atoms with Crippen molar-refractivity contribution in [2.45, 2.75) is 6.36 Å². The molecule has 0 saturated carbocycles. The van der Waals surface area contributed by atoms with Crippen LogP contribution in [0.3, 0.4) is 0 Å². The first kappa shape index (κ1) is 21.6. The molecule has 0 aliphatic carbocycles. The number of aliphatic hydroxyl groups excluding tert-OH is 1. The van der Waals surface area contributed by atoms with Crippen LogP contribution < -0.4 is 15.4 Å². The fourth-order valence-corrected chi connectivity index (χ4v) is 2.70. The van der Waals surface area contributed by atoms with E-state index in [0.29, 0.717) is 11.3 Å². The summed E-state index contributed by atoms with van der Waals surface area (Å²) >= 11 is 6.02. The first-order chi connectivity index (χ1) is 14.2. The Balaban J connectivity index is 1.97. The number of nitrogens with zero attached hydrogens (tertiary/aromatic N) is 2. The van der Waals surface area contributed by atoms with Gasteiger partial charge in [0.2, 0.25) is 5.95 Å². The van der Waals surface area contributed by atoms with Gasteiger partial charge in [-0.15, -0.1) is 13.2 Å². The largest absolute Gasteiger partial charge is 0.573 e. The van der Waals surface area contributed by atoms with E-state index in [4.69, 9.17) is 16.7 Å². The highest BCUT2D eigenvalue weighted by Crippen LogP contribution is 2.30. The second kappa shape index (κ2) is 9.14. The van der Waals surface area contributed by atoms with Gasteiger partial charge < -0.3 is 20.5 Å². The van der Waals surface area contributed by atoms with Crippen LogP contribution in [-0.2, 0) is 0 Å².